The van der Waals surface area contributed by atoms with Crippen molar-refractivity contribution in [3.05, 3.63) is 23.8 Å². The van der Waals surface area contributed by atoms with Crippen molar-refractivity contribution in [1.82, 2.24) is 0 Å². The van der Waals surface area contributed by atoms with Crippen LogP contribution in [0.4, 0.5) is 0 Å². The Kier molecular flexibility index (Phi) is 11.4. The highest BCUT2D eigenvalue weighted by molar-refractivity contribution is 5.78. The lowest BCUT2D eigenvalue weighted by atomic mass is 9.51. The zero-order valence-electron chi connectivity index (χ0n) is 30.1. The third-order valence-corrected chi connectivity index (χ3v) is 9.78. The SMILES string of the molecule is CC(=O)O[C@H]1[C@@H](OC(C)=O)[C@]2(CO2)[C@@H]2[C@H](OC(C)=O)[C@@]3(O)[C@H](/C=C(COC(=O)CC(C)C)\C=C/[C@H](OC(C)=O)[C@@]2(C)[C@H]1OC(C)=O)OC(=O)[C@@H]3C. The average Bonchev–Trinajstić information content (AvgIpc) is 3.75. The van der Waals surface area contributed by atoms with E-state index in [1.165, 1.54) is 32.1 Å². The molecule has 1 N–H and O–H groups in total. The summed E-state index contributed by atoms with van der Waals surface area (Å²) in [6.07, 6.45) is -5.35. The molecule has 2 heterocycles. The van der Waals surface area contributed by atoms with Gasteiger partial charge in [0.1, 0.15) is 24.4 Å². The summed E-state index contributed by atoms with van der Waals surface area (Å²) in [5, 5.41) is 12.9. The number of hydrogen-bond acceptors (Lipinski definition) is 16. The van der Waals surface area contributed by atoms with E-state index < -0.39 is 107 Å². The average molecular weight is 723 g/mol. The summed E-state index contributed by atoms with van der Waals surface area (Å²) in [5.74, 6) is -8.62. The highest BCUT2D eigenvalue weighted by Gasteiger charge is 2.81. The van der Waals surface area contributed by atoms with E-state index in [1.54, 1.807) is 0 Å². The van der Waals surface area contributed by atoms with Crippen LogP contribution in [0.15, 0.2) is 23.8 Å². The van der Waals surface area contributed by atoms with Gasteiger partial charge in [-0.25, -0.2) is 0 Å². The van der Waals surface area contributed by atoms with Crippen molar-refractivity contribution in [2.24, 2.45) is 23.2 Å². The fourth-order valence-electron chi connectivity index (χ4n) is 7.66. The second-order valence-electron chi connectivity index (χ2n) is 14.1. The largest absolute Gasteiger partial charge is 0.461 e. The molecule has 282 valence electrons. The molecule has 0 radical (unpaired) electrons. The quantitative estimate of drug-likeness (QED) is 0.202. The lowest BCUT2D eigenvalue weighted by Gasteiger charge is -2.59. The smallest absolute Gasteiger partial charge is 0.312 e. The summed E-state index contributed by atoms with van der Waals surface area (Å²) in [4.78, 5) is 89.8. The van der Waals surface area contributed by atoms with Crippen LogP contribution in [0.2, 0.25) is 0 Å². The second-order valence-corrected chi connectivity index (χ2v) is 14.1. The lowest BCUT2D eigenvalue weighted by Crippen LogP contribution is -2.76. The monoisotopic (exact) mass is 722 g/mol. The van der Waals surface area contributed by atoms with Crippen LogP contribution < -0.4 is 0 Å². The summed E-state index contributed by atoms with van der Waals surface area (Å²) >= 11 is 0. The molecular formula is C35H46O16. The van der Waals surface area contributed by atoms with E-state index in [-0.39, 0.29) is 31.1 Å². The first-order chi connectivity index (χ1) is 23.7. The fourth-order valence-corrected chi connectivity index (χ4v) is 7.66. The van der Waals surface area contributed by atoms with E-state index in [0.717, 1.165) is 34.6 Å². The molecule has 2 saturated heterocycles. The number of hydrogen-bond donors (Lipinski definition) is 1. The first-order valence-corrected chi connectivity index (χ1v) is 16.7. The first kappa shape index (κ1) is 39.5. The number of ether oxygens (including phenoxy) is 8. The summed E-state index contributed by atoms with van der Waals surface area (Å²) < 4.78 is 46.4. The molecule has 0 aromatic carbocycles. The molecule has 4 rings (SSSR count). The Morgan fingerprint density at radius 3 is 1.90 bits per heavy atom. The molecule has 0 amide bonds. The van der Waals surface area contributed by atoms with Crippen molar-refractivity contribution in [3.63, 3.8) is 0 Å². The predicted molar refractivity (Wildman–Crippen MR) is 170 cm³/mol. The minimum atomic E-state index is -2.43. The van der Waals surface area contributed by atoms with Gasteiger partial charge in [-0.05, 0) is 30.6 Å². The van der Waals surface area contributed by atoms with Gasteiger partial charge in [0.2, 0.25) is 0 Å². The van der Waals surface area contributed by atoms with E-state index in [9.17, 15) is 38.7 Å². The number of fused-ring (bicyclic) bond motifs is 3. The Labute approximate surface area is 295 Å². The first-order valence-electron chi connectivity index (χ1n) is 16.7. The molecule has 0 bridgehead atoms. The summed E-state index contributed by atoms with van der Waals surface area (Å²) in [6, 6.07) is 0. The summed E-state index contributed by atoms with van der Waals surface area (Å²) in [6.45, 7) is 11.3. The minimum absolute atomic E-state index is 0.0232. The van der Waals surface area contributed by atoms with Crippen LogP contribution in [-0.2, 0) is 71.5 Å². The van der Waals surface area contributed by atoms with Gasteiger partial charge in [0.05, 0.1) is 17.9 Å². The highest BCUT2D eigenvalue weighted by atomic mass is 16.7. The van der Waals surface area contributed by atoms with Crippen LogP contribution in [0, 0.1) is 23.2 Å². The predicted octanol–water partition coefficient (Wildman–Crippen LogP) is 1.43. The summed E-state index contributed by atoms with van der Waals surface area (Å²) in [7, 11) is 0. The van der Waals surface area contributed by atoms with Crippen molar-refractivity contribution in [1.29, 1.82) is 0 Å². The molecule has 1 spiro atoms. The van der Waals surface area contributed by atoms with Gasteiger partial charge in [-0.2, -0.15) is 0 Å². The van der Waals surface area contributed by atoms with E-state index in [0.29, 0.717) is 0 Å². The molecule has 2 aliphatic heterocycles. The Bertz CT molecular complexity index is 1510. The highest BCUT2D eigenvalue weighted by Crippen LogP contribution is 2.63. The Hall–Kier alpha value is -4.31. The van der Waals surface area contributed by atoms with Gasteiger partial charge in [-0.15, -0.1) is 0 Å². The Morgan fingerprint density at radius 2 is 1.39 bits per heavy atom. The number of epoxide rings is 1. The van der Waals surface area contributed by atoms with Crippen molar-refractivity contribution < 1.29 is 76.6 Å². The van der Waals surface area contributed by atoms with Gasteiger partial charge in [0, 0.05) is 47.0 Å². The number of aliphatic hydroxyl groups is 1. The fraction of sp³-hybridized carbons (Fsp3) is 0.686. The molecule has 0 aromatic rings. The van der Waals surface area contributed by atoms with Crippen LogP contribution in [0.25, 0.3) is 0 Å². The molecule has 4 aliphatic rings. The second kappa shape index (κ2) is 14.7. The minimum Gasteiger partial charge on any atom is -0.461 e. The molecule has 16 heteroatoms. The van der Waals surface area contributed by atoms with Crippen molar-refractivity contribution in [2.75, 3.05) is 13.2 Å². The van der Waals surface area contributed by atoms with Crippen LogP contribution in [0.1, 0.15) is 68.7 Å². The number of carbonyl (C=O) groups excluding carboxylic acids is 7. The molecule has 1 saturated carbocycles. The number of esters is 7. The molecule has 2 aliphatic carbocycles. The van der Waals surface area contributed by atoms with Crippen molar-refractivity contribution >= 4 is 41.8 Å². The zero-order valence-corrected chi connectivity index (χ0v) is 30.1. The Balaban J connectivity index is 2.11. The molecule has 0 unspecified atom stereocenters. The number of rotatable bonds is 9. The van der Waals surface area contributed by atoms with Gasteiger partial charge in [0.15, 0.2) is 30.0 Å². The number of carbonyl (C=O) groups is 7. The van der Waals surface area contributed by atoms with E-state index in [1.807, 2.05) is 13.8 Å². The van der Waals surface area contributed by atoms with Gasteiger partial charge in [0.25, 0.3) is 0 Å². The van der Waals surface area contributed by atoms with Gasteiger partial charge in [-0.1, -0.05) is 26.8 Å². The Morgan fingerprint density at radius 1 is 0.863 bits per heavy atom. The molecule has 16 nitrogen and oxygen atoms in total. The standard InChI is InChI=1S/C35H46O16/c1-16(2)12-26(41)44-14-23-10-11-24(46-18(4)36)33(9)28(31(50-22(8)40)35(43)17(3)32(42)51-25(35)13-23)34(15-45-34)30(49-21(7)39)27(47-19(5)37)29(33)48-20(6)38/h10-11,13,16-17,24-25,27-31,43H,12,14-15H2,1-9H3/b11-10-,23-13+/t17-,24-,25-,27+,28+,29-,30+,31-,33+,34-,35-/m0/s1. The van der Waals surface area contributed by atoms with Crippen molar-refractivity contribution in [2.45, 2.75) is 117 Å². The summed E-state index contributed by atoms with van der Waals surface area (Å²) in [5.41, 5.74) is -5.88. The molecule has 3 fully saturated rings. The maximum atomic E-state index is 13.3. The van der Waals surface area contributed by atoms with Crippen molar-refractivity contribution in [3.8, 4) is 0 Å². The van der Waals surface area contributed by atoms with E-state index in [4.69, 9.17) is 37.9 Å². The van der Waals surface area contributed by atoms with Crippen LogP contribution >= 0.6 is 0 Å². The maximum absolute atomic E-state index is 13.3. The van der Waals surface area contributed by atoms with E-state index in [2.05, 4.69) is 0 Å². The van der Waals surface area contributed by atoms with Crippen LogP contribution in [0.3, 0.4) is 0 Å². The van der Waals surface area contributed by atoms with Gasteiger partial charge < -0.3 is 43.0 Å². The third-order valence-electron chi connectivity index (χ3n) is 9.78. The third kappa shape index (κ3) is 7.66. The van der Waals surface area contributed by atoms with Crippen LogP contribution in [0.5, 0.6) is 0 Å². The zero-order chi connectivity index (χ0) is 38.2. The van der Waals surface area contributed by atoms with Crippen LogP contribution in [-0.4, -0.2) is 108 Å². The van der Waals surface area contributed by atoms with Gasteiger partial charge >= 0.3 is 41.8 Å². The van der Waals surface area contributed by atoms with E-state index >= 15 is 0 Å². The maximum Gasteiger partial charge on any atom is 0.312 e. The van der Waals surface area contributed by atoms with Gasteiger partial charge in [-0.3, -0.25) is 33.6 Å². The lowest BCUT2D eigenvalue weighted by molar-refractivity contribution is -0.279. The molecule has 0 aromatic heterocycles. The molecular weight excluding hydrogens is 676 g/mol. The molecule has 11 atom stereocenters. The normalized spacial score (nSPS) is 38.4. The topological polar surface area (TPSA) is 217 Å². The molecule has 51 heavy (non-hydrogen) atoms.